The molecule has 170 valence electrons. The summed E-state index contributed by atoms with van der Waals surface area (Å²) in [5, 5.41) is 0.426. The van der Waals surface area contributed by atoms with Crippen LogP contribution in [0.4, 0.5) is 5.00 Å². The minimum atomic E-state index is -0.382. The molecule has 3 saturated heterocycles. The van der Waals surface area contributed by atoms with E-state index in [1.807, 2.05) is 18.7 Å². The molecular weight excluding hydrogens is 414 g/mol. The zero-order valence-electron chi connectivity index (χ0n) is 19.0. The summed E-state index contributed by atoms with van der Waals surface area (Å²) in [5.41, 5.74) is 6.53. The van der Waals surface area contributed by atoms with Crippen molar-refractivity contribution in [3.05, 3.63) is 16.0 Å². The Hall–Kier alpha value is -1.93. The van der Waals surface area contributed by atoms with Gasteiger partial charge in [-0.05, 0) is 65.5 Å². The van der Waals surface area contributed by atoms with Gasteiger partial charge < -0.3 is 15.4 Å². The lowest BCUT2D eigenvalue weighted by atomic mass is 9.74. The predicted octanol–water partition coefficient (Wildman–Crippen LogP) is 3.25. The van der Waals surface area contributed by atoms with E-state index in [4.69, 9.17) is 10.5 Å². The van der Waals surface area contributed by atoms with Gasteiger partial charge in [0.15, 0.2) is 5.78 Å². The molecule has 3 fully saturated rings. The van der Waals surface area contributed by atoms with Crippen LogP contribution in [-0.4, -0.2) is 65.3 Å². The van der Waals surface area contributed by atoms with Crippen molar-refractivity contribution in [2.45, 2.75) is 71.4 Å². The van der Waals surface area contributed by atoms with Crippen molar-refractivity contribution in [1.29, 1.82) is 0 Å². The minimum Gasteiger partial charge on any atom is -0.459 e. The number of rotatable bonds is 3. The van der Waals surface area contributed by atoms with Gasteiger partial charge in [0.1, 0.15) is 5.60 Å². The van der Waals surface area contributed by atoms with Crippen LogP contribution in [0.3, 0.4) is 0 Å². The molecule has 4 rings (SSSR count). The number of carbonyl (C=O) groups is 3. The quantitative estimate of drug-likeness (QED) is 0.565. The number of anilines is 1. The number of nitrogens with zero attached hydrogens (tertiary/aromatic N) is 2. The van der Waals surface area contributed by atoms with Gasteiger partial charge in [0.25, 0.3) is 5.91 Å². The molecule has 1 aromatic rings. The van der Waals surface area contributed by atoms with Gasteiger partial charge in [0, 0.05) is 32.1 Å². The predicted molar refractivity (Wildman–Crippen MR) is 120 cm³/mol. The average molecular weight is 448 g/mol. The van der Waals surface area contributed by atoms with Crippen molar-refractivity contribution in [2.24, 2.45) is 5.41 Å². The van der Waals surface area contributed by atoms with Crippen LogP contribution < -0.4 is 5.73 Å². The highest BCUT2D eigenvalue weighted by Crippen LogP contribution is 2.46. The molecule has 1 unspecified atom stereocenters. The van der Waals surface area contributed by atoms with Gasteiger partial charge in [0.05, 0.1) is 20.9 Å². The maximum atomic E-state index is 13.1. The molecule has 0 bridgehead atoms. The zero-order valence-corrected chi connectivity index (χ0v) is 19.8. The van der Waals surface area contributed by atoms with Crippen molar-refractivity contribution in [3.63, 3.8) is 0 Å². The Bertz CT molecular complexity index is 916. The fourth-order valence-corrected chi connectivity index (χ4v) is 6.76. The first-order chi connectivity index (χ1) is 14.5. The molecule has 0 radical (unpaired) electrons. The second-order valence-electron chi connectivity index (χ2n) is 10.1. The Morgan fingerprint density at radius 1 is 1.19 bits per heavy atom. The van der Waals surface area contributed by atoms with Crippen LogP contribution in [0.5, 0.6) is 0 Å². The molecule has 3 aliphatic rings. The third kappa shape index (κ3) is 4.00. The highest BCUT2D eigenvalue weighted by molar-refractivity contribution is 7.18. The summed E-state index contributed by atoms with van der Waals surface area (Å²) in [7, 11) is 0. The van der Waals surface area contributed by atoms with Crippen molar-refractivity contribution in [1.82, 2.24) is 9.80 Å². The Morgan fingerprint density at radius 2 is 1.87 bits per heavy atom. The maximum absolute atomic E-state index is 13.1. The number of Topliss-reactive ketones (excluding diaryl/α,β-unsaturated/α-hetero) is 1. The first-order valence-electron chi connectivity index (χ1n) is 11.2. The molecular formula is C23H33N3O4S. The molecule has 1 atom stereocenters. The number of hydrogen-bond donors (Lipinski definition) is 1. The Balaban J connectivity index is 1.41. The summed E-state index contributed by atoms with van der Waals surface area (Å²) in [6.45, 7) is 10.4. The van der Waals surface area contributed by atoms with Gasteiger partial charge in [-0.1, -0.05) is 0 Å². The largest absolute Gasteiger partial charge is 0.459 e. The molecule has 1 aromatic heterocycles. The van der Waals surface area contributed by atoms with Gasteiger partial charge in [-0.3, -0.25) is 19.3 Å². The van der Waals surface area contributed by atoms with Crippen LogP contribution >= 0.6 is 11.3 Å². The number of amides is 1. The lowest BCUT2D eigenvalue weighted by molar-refractivity contribution is -0.154. The molecule has 0 aliphatic carbocycles. The molecule has 2 N–H and O–H groups in total. The molecule has 7 nitrogen and oxygen atoms in total. The Labute approximate surface area is 187 Å². The van der Waals surface area contributed by atoms with E-state index in [-0.39, 0.29) is 28.7 Å². The third-order valence-corrected chi connectivity index (χ3v) is 8.37. The lowest BCUT2D eigenvalue weighted by Gasteiger charge is -2.44. The van der Waals surface area contributed by atoms with Crippen LogP contribution in [-0.2, 0) is 9.53 Å². The highest BCUT2D eigenvalue weighted by Gasteiger charge is 2.54. The molecule has 3 aliphatic heterocycles. The number of carbonyl (C=O) groups excluding carboxylic acids is 3. The van der Waals surface area contributed by atoms with E-state index in [1.54, 1.807) is 6.92 Å². The van der Waals surface area contributed by atoms with Crippen LogP contribution in [0.25, 0.3) is 0 Å². The van der Waals surface area contributed by atoms with Crippen molar-refractivity contribution in [3.8, 4) is 0 Å². The maximum Gasteiger partial charge on any atom is 0.314 e. The first kappa shape index (κ1) is 22.3. The van der Waals surface area contributed by atoms with Crippen molar-refractivity contribution >= 4 is 34.0 Å². The molecule has 1 amide bonds. The van der Waals surface area contributed by atoms with Gasteiger partial charge in [-0.15, -0.1) is 11.3 Å². The van der Waals surface area contributed by atoms with Crippen LogP contribution in [0, 0.1) is 12.3 Å². The van der Waals surface area contributed by atoms with E-state index >= 15 is 0 Å². The number of esters is 1. The smallest absolute Gasteiger partial charge is 0.314 e. The number of ether oxygens (including phenoxy) is 1. The number of likely N-dealkylation sites (tertiary alicyclic amines) is 2. The zero-order chi connectivity index (χ0) is 22.6. The molecule has 0 saturated carbocycles. The summed E-state index contributed by atoms with van der Waals surface area (Å²) in [6.07, 6.45) is 4.44. The number of cyclic esters (lactones) is 1. The van der Waals surface area contributed by atoms with E-state index in [9.17, 15) is 14.4 Å². The molecule has 4 heterocycles. The standard InChI is InChI=1S/C23H33N3O4S/c1-14-17(19(24)31-18(14)15(2)27)20(28)25-10-6-16(7-11-25)26-9-5-8-23(13-26)12-22(3,4)30-21(23)29/h16H,5-13,24H2,1-4H3. The van der Waals surface area contributed by atoms with E-state index < -0.39 is 0 Å². The monoisotopic (exact) mass is 447 g/mol. The van der Waals surface area contributed by atoms with Crippen molar-refractivity contribution < 1.29 is 19.1 Å². The average Bonchev–Trinajstić information content (AvgIpc) is 3.12. The molecule has 0 aromatic carbocycles. The second kappa shape index (κ2) is 7.89. The minimum absolute atomic E-state index is 0.0421. The number of piperidine rings is 2. The Kier molecular flexibility index (Phi) is 5.67. The first-order valence-corrected chi connectivity index (χ1v) is 12.0. The van der Waals surface area contributed by atoms with Crippen LogP contribution in [0.15, 0.2) is 0 Å². The fourth-order valence-electron chi connectivity index (χ4n) is 5.80. The van der Waals surface area contributed by atoms with Crippen LogP contribution in [0.1, 0.15) is 78.5 Å². The fraction of sp³-hybridized carbons (Fsp3) is 0.696. The summed E-state index contributed by atoms with van der Waals surface area (Å²) < 4.78 is 5.66. The number of nitrogens with two attached hydrogens (primary N) is 1. The van der Waals surface area contributed by atoms with E-state index in [0.717, 1.165) is 45.2 Å². The summed E-state index contributed by atoms with van der Waals surface area (Å²) >= 11 is 1.20. The number of nitrogen functional groups attached to an aromatic ring is 1. The summed E-state index contributed by atoms with van der Waals surface area (Å²) in [5.74, 6) is -0.174. The van der Waals surface area contributed by atoms with E-state index in [0.29, 0.717) is 40.1 Å². The lowest BCUT2D eigenvalue weighted by Crippen LogP contribution is -2.53. The third-order valence-electron chi connectivity index (χ3n) is 7.15. The van der Waals surface area contributed by atoms with E-state index in [2.05, 4.69) is 4.90 Å². The summed E-state index contributed by atoms with van der Waals surface area (Å²) in [6, 6.07) is 0.367. The normalized spacial score (nSPS) is 27.0. The number of thiophene rings is 1. The van der Waals surface area contributed by atoms with Crippen LogP contribution in [0.2, 0.25) is 0 Å². The van der Waals surface area contributed by atoms with E-state index in [1.165, 1.54) is 18.3 Å². The van der Waals surface area contributed by atoms with Gasteiger partial charge in [-0.25, -0.2) is 0 Å². The SMILES string of the molecule is CC(=O)c1sc(N)c(C(=O)N2CCC(N3CCCC4(C3)CC(C)(C)OC4=O)CC2)c1C. The van der Waals surface area contributed by atoms with Crippen molar-refractivity contribution in [2.75, 3.05) is 31.9 Å². The molecule has 31 heavy (non-hydrogen) atoms. The summed E-state index contributed by atoms with van der Waals surface area (Å²) in [4.78, 5) is 42.5. The van der Waals surface area contributed by atoms with Gasteiger partial charge in [0.2, 0.25) is 0 Å². The molecule has 1 spiro atoms. The number of ketones is 1. The topological polar surface area (TPSA) is 92.9 Å². The second-order valence-corrected chi connectivity index (χ2v) is 11.1. The Morgan fingerprint density at radius 3 is 2.42 bits per heavy atom. The number of hydrogen-bond acceptors (Lipinski definition) is 7. The van der Waals surface area contributed by atoms with Gasteiger partial charge >= 0.3 is 5.97 Å². The molecule has 8 heteroatoms. The highest BCUT2D eigenvalue weighted by atomic mass is 32.1. The van der Waals surface area contributed by atoms with Gasteiger partial charge in [-0.2, -0.15) is 0 Å².